The van der Waals surface area contributed by atoms with Crippen molar-refractivity contribution in [3.8, 4) is 11.4 Å². The van der Waals surface area contributed by atoms with Crippen LogP contribution in [0.25, 0.3) is 22.4 Å². The molecular formula is C21H17FN2. The molecule has 24 heavy (non-hydrogen) atoms. The first kappa shape index (κ1) is 14.6. The summed E-state index contributed by atoms with van der Waals surface area (Å²) in [5.41, 5.74) is 4.82. The van der Waals surface area contributed by atoms with Crippen LogP contribution in [0.2, 0.25) is 0 Å². The molecule has 3 heteroatoms. The molecule has 4 rings (SSSR count). The number of rotatable bonds is 3. The summed E-state index contributed by atoms with van der Waals surface area (Å²) in [6.07, 6.45) is 0. The van der Waals surface area contributed by atoms with Crippen LogP contribution < -0.4 is 0 Å². The Hall–Kier alpha value is -2.94. The van der Waals surface area contributed by atoms with E-state index in [9.17, 15) is 4.39 Å². The van der Waals surface area contributed by atoms with Crippen LogP contribution >= 0.6 is 0 Å². The molecule has 1 aromatic heterocycles. The Balaban J connectivity index is 1.92. The lowest BCUT2D eigenvalue weighted by atomic mass is 10.1. The number of para-hydroxylation sites is 2. The summed E-state index contributed by atoms with van der Waals surface area (Å²) >= 11 is 0. The van der Waals surface area contributed by atoms with Crippen LogP contribution in [0, 0.1) is 12.7 Å². The van der Waals surface area contributed by atoms with Gasteiger partial charge in [0.05, 0.1) is 17.6 Å². The monoisotopic (exact) mass is 316 g/mol. The predicted molar refractivity (Wildman–Crippen MR) is 95.4 cm³/mol. The second-order valence-electron chi connectivity index (χ2n) is 5.97. The van der Waals surface area contributed by atoms with Crippen LogP contribution in [-0.4, -0.2) is 9.55 Å². The number of imidazole rings is 1. The van der Waals surface area contributed by atoms with E-state index in [0.29, 0.717) is 12.1 Å². The van der Waals surface area contributed by atoms with Gasteiger partial charge in [0.25, 0.3) is 0 Å². The third kappa shape index (κ3) is 2.58. The zero-order chi connectivity index (χ0) is 16.5. The minimum Gasteiger partial charge on any atom is -0.319 e. The molecule has 0 amide bonds. The van der Waals surface area contributed by atoms with Crippen molar-refractivity contribution in [2.45, 2.75) is 13.5 Å². The summed E-state index contributed by atoms with van der Waals surface area (Å²) in [5, 5.41) is 0. The van der Waals surface area contributed by atoms with Crippen molar-refractivity contribution in [1.82, 2.24) is 9.55 Å². The van der Waals surface area contributed by atoms with Crippen LogP contribution in [0.3, 0.4) is 0 Å². The Bertz CT molecular complexity index is 1020. The first-order chi connectivity index (χ1) is 11.7. The van der Waals surface area contributed by atoms with Gasteiger partial charge in [-0.1, -0.05) is 54.1 Å². The molecule has 0 radical (unpaired) electrons. The molecule has 0 aliphatic rings. The van der Waals surface area contributed by atoms with Gasteiger partial charge in [-0.2, -0.15) is 0 Å². The molecule has 0 atom stereocenters. The Labute approximate surface area is 140 Å². The largest absolute Gasteiger partial charge is 0.319 e. The van der Waals surface area contributed by atoms with E-state index in [-0.39, 0.29) is 5.82 Å². The predicted octanol–water partition coefficient (Wildman–Crippen LogP) is 5.20. The maximum absolute atomic E-state index is 14.1. The van der Waals surface area contributed by atoms with Gasteiger partial charge in [-0.15, -0.1) is 0 Å². The van der Waals surface area contributed by atoms with E-state index in [1.165, 1.54) is 11.6 Å². The van der Waals surface area contributed by atoms with Gasteiger partial charge in [0.2, 0.25) is 0 Å². The second-order valence-corrected chi connectivity index (χ2v) is 5.97. The average molecular weight is 316 g/mol. The summed E-state index contributed by atoms with van der Waals surface area (Å²) in [6.45, 7) is 2.52. The first-order valence-electron chi connectivity index (χ1n) is 7.98. The second kappa shape index (κ2) is 5.93. The lowest BCUT2D eigenvalue weighted by Gasteiger charge is -2.11. The van der Waals surface area contributed by atoms with Gasteiger partial charge < -0.3 is 4.57 Å². The van der Waals surface area contributed by atoms with E-state index in [1.54, 1.807) is 6.07 Å². The van der Waals surface area contributed by atoms with Gasteiger partial charge in [-0.05, 0) is 31.2 Å². The molecule has 118 valence electrons. The molecule has 0 fully saturated rings. The summed E-state index contributed by atoms with van der Waals surface area (Å²) in [4.78, 5) is 4.79. The number of aryl methyl sites for hydroxylation is 1. The fourth-order valence-electron chi connectivity index (χ4n) is 3.04. The molecule has 0 saturated carbocycles. The topological polar surface area (TPSA) is 17.8 Å². The highest BCUT2D eigenvalue weighted by atomic mass is 19.1. The number of nitrogens with zero attached hydrogens (tertiary/aromatic N) is 2. The van der Waals surface area contributed by atoms with Gasteiger partial charge in [0.15, 0.2) is 0 Å². The van der Waals surface area contributed by atoms with Crippen LogP contribution in [0.5, 0.6) is 0 Å². The van der Waals surface area contributed by atoms with E-state index in [0.717, 1.165) is 22.4 Å². The van der Waals surface area contributed by atoms with Crippen molar-refractivity contribution in [2.75, 3.05) is 0 Å². The lowest BCUT2D eigenvalue weighted by molar-refractivity contribution is 0.602. The highest BCUT2D eigenvalue weighted by Gasteiger charge is 2.14. The smallest absolute Gasteiger partial charge is 0.141 e. The van der Waals surface area contributed by atoms with Crippen LogP contribution in [0.4, 0.5) is 4.39 Å². The fourth-order valence-corrected chi connectivity index (χ4v) is 3.04. The van der Waals surface area contributed by atoms with E-state index in [2.05, 4.69) is 23.6 Å². The SMILES string of the molecule is Cc1cccc(-c2nc3ccccc3n2Cc2ccccc2F)c1. The molecular weight excluding hydrogens is 299 g/mol. The van der Waals surface area contributed by atoms with Crippen molar-refractivity contribution in [2.24, 2.45) is 0 Å². The standard InChI is InChI=1S/C21H17FN2/c1-15-7-6-9-16(13-15)21-23-19-11-4-5-12-20(19)24(21)14-17-8-2-3-10-18(17)22/h2-13H,14H2,1H3. The minimum absolute atomic E-state index is 0.189. The number of hydrogen-bond acceptors (Lipinski definition) is 1. The molecule has 2 nitrogen and oxygen atoms in total. The number of fused-ring (bicyclic) bond motifs is 1. The summed E-state index contributed by atoms with van der Waals surface area (Å²) in [6, 6.07) is 23.1. The molecule has 0 spiro atoms. The molecule has 0 bridgehead atoms. The summed E-state index contributed by atoms with van der Waals surface area (Å²) < 4.78 is 16.2. The van der Waals surface area contributed by atoms with Gasteiger partial charge >= 0.3 is 0 Å². The highest BCUT2D eigenvalue weighted by molar-refractivity contribution is 5.80. The Morgan fingerprint density at radius 3 is 2.54 bits per heavy atom. The highest BCUT2D eigenvalue weighted by Crippen LogP contribution is 2.26. The van der Waals surface area contributed by atoms with Gasteiger partial charge in [-0.25, -0.2) is 9.37 Å². The number of hydrogen-bond donors (Lipinski definition) is 0. The maximum atomic E-state index is 14.1. The summed E-state index contributed by atoms with van der Waals surface area (Å²) in [7, 11) is 0. The van der Waals surface area contributed by atoms with Crippen molar-refractivity contribution >= 4 is 11.0 Å². The minimum atomic E-state index is -0.189. The van der Waals surface area contributed by atoms with E-state index >= 15 is 0 Å². The lowest BCUT2D eigenvalue weighted by Crippen LogP contribution is -2.04. The molecule has 3 aromatic carbocycles. The third-order valence-corrected chi connectivity index (χ3v) is 4.22. The molecule has 1 heterocycles. The Morgan fingerprint density at radius 1 is 0.917 bits per heavy atom. The quantitative estimate of drug-likeness (QED) is 0.508. The van der Waals surface area contributed by atoms with Gasteiger partial charge in [0, 0.05) is 11.1 Å². The molecule has 0 unspecified atom stereocenters. The zero-order valence-electron chi connectivity index (χ0n) is 13.4. The molecule has 0 N–H and O–H groups in total. The molecule has 4 aromatic rings. The molecule has 0 aliphatic carbocycles. The van der Waals surface area contributed by atoms with Gasteiger partial charge in [-0.3, -0.25) is 0 Å². The normalized spacial score (nSPS) is 11.1. The third-order valence-electron chi connectivity index (χ3n) is 4.22. The first-order valence-corrected chi connectivity index (χ1v) is 7.98. The zero-order valence-corrected chi connectivity index (χ0v) is 13.4. The Morgan fingerprint density at radius 2 is 1.71 bits per heavy atom. The number of halogens is 1. The van der Waals surface area contributed by atoms with Crippen molar-refractivity contribution in [3.05, 3.63) is 89.7 Å². The van der Waals surface area contributed by atoms with Gasteiger partial charge in [0.1, 0.15) is 11.6 Å². The number of aromatic nitrogens is 2. The van der Waals surface area contributed by atoms with Crippen LogP contribution in [0.1, 0.15) is 11.1 Å². The van der Waals surface area contributed by atoms with E-state index in [1.807, 2.05) is 48.5 Å². The van der Waals surface area contributed by atoms with Crippen LogP contribution in [-0.2, 0) is 6.54 Å². The van der Waals surface area contributed by atoms with Crippen molar-refractivity contribution < 1.29 is 4.39 Å². The number of benzene rings is 3. The Kier molecular flexibility index (Phi) is 3.62. The average Bonchev–Trinajstić information content (AvgIpc) is 2.96. The van der Waals surface area contributed by atoms with Crippen molar-refractivity contribution in [1.29, 1.82) is 0 Å². The van der Waals surface area contributed by atoms with Crippen LogP contribution in [0.15, 0.2) is 72.8 Å². The fraction of sp³-hybridized carbons (Fsp3) is 0.0952. The summed E-state index contributed by atoms with van der Waals surface area (Å²) in [5.74, 6) is 0.675. The van der Waals surface area contributed by atoms with E-state index < -0.39 is 0 Å². The van der Waals surface area contributed by atoms with E-state index in [4.69, 9.17) is 4.98 Å². The molecule has 0 saturated heterocycles. The van der Waals surface area contributed by atoms with Crippen molar-refractivity contribution in [3.63, 3.8) is 0 Å². The maximum Gasteiger partial charge on any atom is 0.141 e. The molecule has 0 aliphatic heterocycles.